The number of sulfone groups is 1. The summed E-state index contributed by atoms with van der Waals surface area (Å²) in [4.78, 5) is 0. The van der Waals surface area contributed by atoms with Crippen LogP contribution in [0.1, 0.15) is 71.6 Å². The maximum absolute atomic E-state index is 11.5. The van der Waals surface area contributed by atoms with E-state index in [1.54, 1.807) is 0 Å². The van der Waals surface area contributed by atoms with Gasteiger partial charge in [0.1, 0.15) is 0 Å². The molecule has 0 saturated carbocycles. The third kappa shape index (κ3) is 14.1. The molecule has 0 aromatic carbocycles. The van der Waals surface area contributed by atoms with Crippen molar-refractivity contribution in [3.05, 3.63) is 0 Å². The highest BCUT2D eigenvalue weighted by atomic mass is 32.2. The zero-order chi connectivity index (χ0) is 14.4. The first-order chi connectivity index (χ1) is 9.12. The molecule has 0 spiro atoms. The molecule has 3 nitrogen and oxygen atoms in total. The lowest BCUT2D eigenvalue weighted by Crippen LogP contribution is -2.25. The summed E-state index contributed by atoms with van der Waals surface area (Å²) in [6.07, 6.45) is 11.3. The van der Waals surface area contributed by atoms with Crippen LogP contribution < -0.4 is 5.32 Å². The van der Waals surface area contributed by atoms with Crippen LogP contribution in [0.25, 0.3) is 0 Å². The van der Waals surface area contributed by atoms with E-state index in [9.17, 15) is 8.42 Å². The molecule has 0 aliphatic rings. The van der Waals surface area contributed by atoms with Gasteiger partial charge in [0, 0.05) is 12.3 Å². The van der Waals surface area contributed by atoms with Gasteiger partial charge in [-0.3, -0.25) is 0 Å². The number of nitrogens with one attached hydrogen (secondary N) is 1. The Kier molecular flexibility index (Phi) is 12.9. The fourth-order valence-electron chi connectivity index (χ4n) is 2.15. The summed E-state index contributed by atoms with van der Waals surface area (Å²) in [5.74, 6) is 0.615. The lowest BCUT2D eigenvalue weighted by molar-refractivity contribution is 0.557. The molecule has 0 aromatic heterocycles. The van der Waals surface area contributed by atoms with E-state index >= 15 is 0 Å². The zero-order valence-electron chi connectivity index (χ0n) is 12.9. The number of unbranched alkanes of at least 4 members (excludes halogenated alkanes) is 7. The zero-order valence-corrected chi connectivity index (χ0v) is 13.7. The molecular weight excluding hydrogens is 258 g/mol. The predicted octanol–water partition coefficient (Wildman–Crippen LogP) is 3.54. The Balaban J connectivity index is 3.19. The van der Waals surface area contributed by atoms with Gasteiger partial charge in [-0.25, -0.2) is 8.42 Å². The molecule has 0 aromatic rings. The molecule has 0 saturated heterocycles. The van der Waals surface area contributed by atoms with Crippen LogP contribution in [0, 0.1) is 0 Å². The third-order valence-corrected chi connectivity index (χ3v) is 5.17. The van der Waals surface area contributed by atoms with Crippen molar-refractivity contribution in [2.24, 2.45) is 0 Å². The molecule has 0 rings (SSSR count). The first-order valence-electron chi connectivity index (χ1n) is 8.03. The second kappa shape index (κ2) is 12.9. The van der Waals surface area contributed by atoms with Gasteiger partial charge in [0.05, 0.1) is 5.75 Å². The monoisotopic (exact) mass is 291 g/mol. The highest BCUT2D eigenvalue weighted by Gasteiger charge is 2.07. The van der Waals surface area contributed by atoms with E-state index in [1.807, 2.05) is 6.92 Å². The number of hydrogen-bond donors (Lipinski definition) is 1. The maximum atomic E-state index is 11.5. The van der Waals surface area contributed by atoms with Gasteiger partial charge in [0.2, 0.25) is 0 Å². The van der Waals surface area contributed by atoms with Crippen LogP contribution in [-0.2, 0) is 9.84 Å². The minimum absolute atomic E-state index is 0.290. The second-order valence-corrected chi connectivity index (χ2v) is 7.68. The largest absolute Gasteiger partial charge is 0.316 e. The van der Waals surface area contributed by atoms with Gasteiger partial charge in [-0.1, -0.05) is 58.8 Å². The van der Waals surface area contributed by atoms with Gasteiger partial charge in [-0.05, 0) is 19.4 Å². The van der Waals surface area contributed by atoms with E-state index in [4.69, 9.17) is 0 Å². The van der Waals surface area contributed by atoms with Crippen molar-refractivity contribution in [1.29, 1.82) is 0 Å². The summed E-state index contributed by atoms with van der Waals surface area (Å²) in [5.41, 5.74) is 0. The highest BCUT2D eigenvalue weighted by molar-refractivity contribution is 7.91. The predicted molar refractivity (Wildman–Crippen MR) is 84.4 cm³/mol. The van der Waals surface area contributed by atoms with Gasteiger partial charge < -0.3 is 5.32 Å². The average Bonchev–Trinajstić information content (AvgIpc) is 2.36. The summed E-state index contributed by atoms with van der Waals surface area (Å²) >= 11 is 0. The van der Waals surface area contributed by atoms with Crippen LogP contribution in [0.15, 0.2) is 0 Å². The van der Waals surface area contributed by atoms with E-state index in [-0.39, 0.29) is 5.75 Å². The van der Waals surface area contributed by atoms with Crippen molar-refractivity contribution < 1.29 is 8.42 Å². The van der Waals surface area contributed by atoms with Crippen LogP contribution in [0.2, 0.25) is 0 Å². The minimum Gasteiger partial charge on any atom is -0.316 e. The Morgan fingerprint density at radius 3 is 1.84 bits per heavy atom. The lowest BCUT2D eigenvalue weighted by Gasteiger charge is -2.05. The molecule has 0 aliphatic heterocycles. The van der Waals surface area contributed by atoms with E-state index in [0.29, 0.717) is 12.3 Å². The Bertz CT molecular complexity index is 276. The van der Waals surface area contributed by atoms with Crippen molar-refractivity contribution >= 4 is 9.84 Å². The van der Waals surface area contributed by atoms with Gasteiger partial charge in [-0.2, -0.15) is 0 Å². The van der Waals surface area contributed by atoms with Crippen molar-refractivity contribution in [2.75, 3.05) is 24.6 Å². The number of rotatable bonds is 14. The molecule has 4 heteroatoms. The summed E-state index contributed by atoms with van der Waals surface area (Å²) in [5, 5.41) is 3.23. The Morgan fingerprint density at radius 1 is 0.684 bits per heavy atom. The Morgan fingerprint density at radius 2 is 1.26 bits per heavy atom. The quantitative estimate of drug-likeness (QED) is 0.498. The van der Waals surface area contributed by atoms with Gasteiger partial charge in [-0.15, -0.1) is 0 Å². The fraction of sp³-hybridized carbons (Fsp3) is 1.00. The van der Waals surface area contributed by atoms with Gasteiger partial charge in [0.25, 0.3) is 0 Å². The van der Waals surface area contributed by atoms with Crippen LogP contribution in [0.5, 0.6) is 0 Å². The fourth-order valence-corrected chi connectivity index (χ4v) is 3.43. The highest BCUT2D eigenvalue weighted by Crippen LogP contribution is 2.07. The molecule has 0 unspecified atom stereocenters. The maximum Gasteiger partial charge on any atom is 0.151 e. The van der Waals surface area contributed by atoms with Gasteiger partial charge in [0.15, 0.2) is 9.84 Å². The molecule has 116 valence electrons. The van der Waals surface area contributed by atoms with Crippen molar-refractivity contribution in [3.8, 4) is 0 Å². The van der Waals surface area contributed by atoms with Crippen LogP contribution >= 0.6 is 0 Å². The average molecular weight is 292 g/mol. The molecule has 19 heavy (non-hydrogen) atoms. The van der Waals surface area contributed by atoms with Gasteiger partial charge >= 0.3 is 0 Å². The summed E-state index contributed by atoms with van der Waals surface area (Å²) in [6.45, 7) is 5.72. The topological polar surface area (TPSA) is 46.2 Å². The molecule has 0 amide bonds. The Labute approximate surface area is 120 Å². The molecule has 0 fully saturated rings. The van der Waals surface area contributed by atoms with Crippen molar-refractivity contribution in [1.82, 2.24) is 5.32 Å². The van der Waals surface area contributed by atoms with Crippen molar-refractivity contribution in [3.63, 3.8) is 0 Å². The van der Waals surface area contributed by atoms with E-state index in [1.165, 1.54) is 51.4 Å². The van der Waals surface area contributed by atoms with Crippen LogP contribution in [0.3, 0.4) is 0 Å². The Hall–Kier alpha value is -0.0900. The van der Waals surface area contributed by atoms with Crippen LogP contribution in [-0.4, -0.2) is 33.0 Å². The molecule has 1 N–H and O–H groups in total. The molecular formula is C15H33NO2S. The lowest BCUT2D eigenvalue weighted by atomic mass is 10.1. The third-order valence-electron chi connectivity index (χ3n) is 3.31. The first kappa shape index (κ1) is 18.9. The SMILES string of the molecule is CCCCCCCCCCNCCS(=O)(=O)CCC. The summed E-state index contributed by atoms with van der Waals surface area (Å²) in [7, 11) is -2.80. The van der Waals surface area contributed by atoms with Crippen molar-refractivity contribution in [2.45, 2.75) is 71.6 Å². The molecule has 0 radical (unpaired) electrons. The summed E-state index contributed by atoms with van der Waals surface area (Å²) in [6, 6.07) is 0. The molecule has 0 aliphatic carbocycles. The molecule has 0 bridgehead atoms. The minimum atomic E-state index is -2.80. The molecule has 0 heterocycles. The van der Waals surface area contributed by atoms with E-state index in [0.717, 1.165) is 13.0 Å². The summed E-state index contributed by atoms with van der Waals surface area (Å²) < 4.78 is 22.9. The van der Waals surface area contributed by atoms with E-state index in [2.05, 4.69) is 12.2 Å². The van der Waals surface area contributed by atoms with E-state index < -0.39 is 9.84 Å². The van der Waals surface area contributed by atoms with Crippen LogP contribution in [0.4, 0.5) is 0 Å². The second-order valence-electron chi connectivity index (χ2n) is 5.38. The standard InChI is InChI=1S/C15H33NO2S/c1-3-5-6-7-8-9-10-11-12-16-13-15-19(17,18)14-4-2/h16H,3-15H2,1-2H3. The first-order valence-corrected chi connectivity index (χ1v) is 9.85. The number of hydrogen-bond acceptors (Lipinski definition) is 3. The normalized spacial score (nSPS) is 11.9. The molecule has 0 atom stereocenters. The smallest absolute Gasteiger partial charge is 0.151 e.